The summed E-state index contributed by atoms with van der Waals surface area (Å²) in [4.78, 5) is 31.7. The van der Waals surface area contributed by atoms with E-state index >= 15 is 0 Å². The molecule has 1 atom stereocenters. The fraction of sp³-hybridized carbons (Fsp3) is 0.353. The molecule has 0 saturated carbocycles. The van der Waals surface area contributed by atoms with E-state index in [1.807, 2.05) is 26.0 Å². The lowest BCUT2D eigenvalue weighted by Gasteiger charge is -2.16. The molecule has 24 heavy (non-hydrogen) atoms. The molecule has 0 spiro atoms. The highest BCUT2D eigenvalue weighted by Gasteiger charge is 2.35. The molecule has 126 valence electrons. The Labute approximate surface area is 144 Å². The molecule has 1 aliphatic rings. The number of hydrogen-bond donors (Lipinski definition) is 1. The van der Waals surface area contributed by atoms with Crippen molar-refractivity contribution in [1.82, 2.24) is 4.98 Å². The first-order valence-electron chi connectivity index (χ1n) is 7.67. The Bertz CT molecular complexity index is 750. The molecule has 0 unspecified atom stereocenters. The normalized spacial score (nSPS) is 17.2. The van der Waals surface area contributed by atoms with Gasteiger partial charge < -0.3 is 15.0 Å². The van der Waals surface area contributed by atoms with Gasteiger partial charge in [-0.05, 0) is 38.1 Å². The van der Waals surface area contributed by atoms with Gasteiger partial charge in [0, 0.05) is 23.5 Å². The highest BCUT2D eigenvalue weighted by atomic mass is 32.1. The maximum atomic E-state index is 12.4. The van der Waals surface area contributed by atoms with Crippen LogP contribution in [-0.2, 0) is 9.59 Å². The second kappa shape index (κ2) is 6.60. The molecule has 1 aliphatic heterocycles. The van der Waals surface area contributed by atoms with Crippen molar-refractivity contribution in [2.45, 2.75) is 20.3 Å². The van der Waals surface area contributed by atoms with Gasteiger partial charge in [-0.2, -0.15) is 0 Å². The quantitative estimate of drug-likeness (QED) is 0.925. The highest BCUT2D eigenvalue weighted by Crippen LogP contribution is 2.28. The third-order valence-corrected chi connectivity index (χ3v) is 5.13. The van der Waals surface area contributed by atoms with Crippen LogP contribution >= 0.6 is 11.3 Å². The van der Waals surface area contributed by atoms with E-state index in [1.165, 1.54) is 11.3 Å². The van der Waals surface area contributed by atoms with Crippen molar-refractivity contribution >= 4 is 34.0 Å². The number of benzene rings is 1. The number of carbonyl (C=O) groups is 2. The van der Waals surface area contributed by atoms with Gasteiger partial charge in [0.2, 0.25) is 11.8 Å². The first-order chi connectivity index (χ1) is 11.5. The van der Waals surface area contributed by atoms with Crippen LogP contribution in [0.3, 0.4) is 0 Å². The minimum absolute atomic E-state index is 0.0492. The Balaban J connectivity index is 1.68. The molecule has 2 heterocycles. The summed E-state index contributed by atoms with van der Waals surface area (Å²) in [5.74, 6) is 0.151. The van der Waals surface area contributed by atoms with Gasteiger partial charge in [-0.15, -0.1) is 11.3 Å². The predicted octanol–water partition coefficient (Wildman–Crippen LogP) is 2.76. The smallest absolute Gasteiger partial charge is 0.231 e. The summed E-state index contributed by atoms with van der Waals surface area (Å²) >= 11 is 1.45. The van der Waals surface area contributed by atoms with E-state index in [9.17, 15) is 9.59 Å². The zero-order valence-corrected chi connectivity index (χ0v) is 14.6. The topological polar surface area (TPSA) is 71.5 Å². The maximum Gasteiger partial charge on any atom is 0.231 e. The number of anilines is 2. The molecule has 1 saturated heterocycles. The molecule has 1 aromatic carbocycles. The van der Waals surface area contributed by atoms with Crippen LogP contribution in [0.1, 0.15) is 17.0 Å². The van der Waals surface area contributed by atoms with Gasteiger partial charge in [-0.25, -0.2) is 4.98 Å². The molecule has 7 heteroatoms. The SMILES string of the molecule is COc1ccc(N2C[C@@H](C(=O)Nc3nc(C)c(C)s3)CC2=O)cc1. The lowest BCUT2D eigenvalue weighted by molar-refractivity contribution is -0.122. The average molecular weight is 345 g/mol. The summed E-state index contributed by atoms with van der Waals surface area (Å²) in [7, 11) is 1.60. The van der Waals surface area contributed by atoms with Gasteiger partial charge in [0.15, 0.2) is 5.13 Å². The minimum atomic E-state index is -0.371. The average Bonchev–Trinajstić information content (AvgIpc) is 3.10. The summed E-state index contributed by atoms with van der Waals surface area (Å²) in [6.45, 7) is 4.25. The van der Waals surface area contributed by atoms with E-state index in [4.69, 9.17) is 4.74 Å². The van der Waals surface area contributed by atoms with Gasteiger partial charge in [0.25, 0.3) is 0 Å². The first kappa shape index (κ1) is 16.4. The van der Waals surface area contributed by atoms with Crippen LogP contribution in [0.25, 0.3) is 0 Å². The second-order valence-electron chi connectivity index (χ2n) is 5.75. The van der Waals surface area contributed by atoms with E-state index in [0.29, 0.717) is 11.7 Å². The monoisotopic (exact) mass is 345 g/mol. The standard InChI is InChI=1S/C17H19N3O3S/c1-10-11(2)24-17(18-10)19-16(22)12-8-15(21)20(9-12)13-4-6-14(23-3)7-5-13/h4-7,12H,8-9H2,1-3H3,(H,18,19,22)/t12-/m0/s1. The van der Waals surface area contributed by atoms with Crippen molar-refractivity contribution in [3.05, 3.63) is 34.8 Å². The Morgan fingerprint density at radius 3 is 2.62 bits per heavy atom. The molecule has 1 N–H and O–H groups in total. The number of ether oxygens (including phenoxy) is 1. The van der Waals surface area contributed by atoms with Gasteiger partial charge >= 0.3 is 0 Å². The fourth-order valence-corrected chi connectivity index (χ4v) is 3.45. The van der Waals surface area contributed by atoms with E-state index < -0.39 is 0 Å². The Hall–Kier alpha value is -2.41. The molecule has 0 aliphatic carbocycles. The zero-order chi connectivity index (χ0) is 17.3. The van der Waals surface area contributed by atoms with E-state index in [0.717, 1.165) is 22.0 Å². The number of rotatable bonds is 4. The van der Waals surface area contributed by atoms with E-state index in [1.54, 1.807) is 24.1 Å². The number of nitrogens with one attached hydrogen (secondary N) is 1. The zero-order valence-electron chi connectivity index (χ0n) is 13.8. The maximum absolute atomic E-state index is 12.4. The number of aromatic nitrogens is 1. The van der Waals surface area contributed by atoms with E-state index in [-0.39, 0.29) is 24.2 Å². The van der Waals surface area contributed by atoms with Crippen molar-refractivity contribution in [3.63, 3.8) is 0 Å². The molecular formula is C17H19N3O3S. The molecule has 0 bridgehead atoms. The summed E-state index contributed by atoms with van der Waals surface area (Å²) in [6, 6.07) is 7.25. The van der Waals surface area contributed by atoms with Crippen molar-refractivity contribution in [3.8, 4) is 5.75 Å². The van der Waals surface area contributed by atoms with Gasteiger partial charge in [-0.3, -0.25) is 9.59 Å². The Kier molecular flexibility index (Phi) is 4.53. The largest absolute Gasteiger partial charge is 0.497 e. The number of hydrogen-bond acceptors (Lipinski definition) is 5. The summed E-state index contributed by atoms with van der Waals surface area (Å²) in [5, 5.41) is 3.41. The van der Waals surface area contributed by atoms with Crippen LogP contribution in [-0.4, -0.2) is 30.5 Å². The first-order valence-corrected chi connectivity index (χ1v) is 8.49. The molecule has 3 rings (SSSR count). The summed E-state index contributed by atoms with van der Waals surface area (Å²) in [6.07, 6.45) is 0.210. The van der Waals surface area contributed by atoms with Gasteiger partial charge in [0.1, 0.15) is 5.75 Å². The molecule has 2 amide bonds. The third kappa shape index (κ3) is 3.26. The molecule has 1 fully saturated rings. The summed E-state index contributed by atoms with van der Waals surface area (Å²) in [5.41, 5.74) is 1.69. The van der Waals surface area contributed by atoms with Crippen LogP contribution in [0, 0.1) is 19.8 Å². The van der Waals surface area contributed by atoms with Crippen molar-refractivity contribution in [2.75, 3.05) is 23.9 Å². The Morgan fingerprint density at radius 2 is 2.04 bits per heavy atom. The number of thiazole rings is 1. The van der Waals surface area contributed by atoms with Gasteiger partial charge in [-0.1, -0.05) is 0 Å². The van der Waals surface area contributed by atoms with Crippen molar-refractivity contribution in [1.29, 1.82) is 0 Å². The van der Waals surface area contributed by atoms with Crippen LogP contribution in [0.15, 0.2) is 24.3 Å². The molecule has 2 aromatic rings. The Morgan fingerprint density at radius 1 is 1.33 bits per heavy atom. The molecule has 1 aromatic heterocycles. The van der Waals surface area contributed by atoms with Crippen LogP contribution in [0.2, 0.25) is 0 Å². The fourth-order valence-electron chi connectivity index (χ4n) is 2.63. The number of methoxy groups -OCH3 is 1. The van der Waals surface area contributed by atoms with Gasteiger partial charge in [0.05, 0.1) is 18.7 Å². The second-order valence-corrected chi connectivity index (χ2v) is 6.96. The molecular weight excluding hydrogens is 326 g/mol. The number of nitrogens with zero attached hydrogens (tertiary/aromatic N) is 2. The molecule has 6 nitrogen and oxygen atoms in total. The predicted molar refractivity (Wildman–Crippen MR) is 93.7 cm³/mol. The molecule has 0 radical (unpaired) electrons. The number of aryl methyl sites for hydroxylation is 2. The highest BCUT2D eigenvalue weighted by molar-refractivity contribution is 7.15. The van der Waals surface area contributed by atoms with Crippen molar-refractivity contribution < 1.29 is 14.3 Å². The van der Waals surface area contributed by atoms with Crippen LogP contribution in [0.5, 0.6) is 5.75 Å². The number of amides is 2. The van der Waals surface area contributed by atoms with Crippen LogP contribution < -0.4 is 15.0 Å². The number of carbonyl (C=O) groups excluding carboxylic acids is 2. The van der Waals surface area contributed by atoms with Crippen molar-refractivity contribution in [2.24, 2.45) is 5.92 Å². The summed E-state index contributed by atoms with van der Waals surface area (Å²) < 4.78 is 5.12. The minimum Gasteiger partial charge on any atom is -0.497 e. The lowest BCUT2D eigenvalue weighted by Crippen LogP contribution is -2.28. The van der Waals surface area contributed by atoms with Crippen LogP contribution in [0.4, 0.5) is 10.8 Å². The van der Waals surface area contributed by atoms with E-state index in [2.05, 4.69) is 10.3 Å². The lowest BCUT2D eigenvalue weighted by atomic mass is 10.1. The third-order valence-electron chi connectivity index (χ3n) is 4.14.